The number of benzene rings is 2. The molecule has 5 heteroatoms. The van der Waals surface area contributed by atoms with Crippen LogP contribution in [0.25, 0.3) is 0 Å². The number of nitrogens with one attached hydrogen (secondary N) is 1. The number of carbonyl (C=O) groups is 2. The van der Waals surface area contributed by atoms with Crippen LogP contribution in [0, 0.1) is 0 Å². The van der Waals surface area contributed by atoms with Gasteiger partial charge in [-0.1, -0.05) is 43.3 Å². The molecule has 1 N–H and O–H groups in total. The van der Waals surface area contributed by atoms with Gasteiger partial charge in [0, 0.05) is 36.2 Å². The van der Waals surface area contributed by atoms with Crippen LogP contribution in [0.2, 0.25) is 0 Å². The van der Waals surface area contributed by atoms with Crippen molar-refractivity contribution < 1.29 is 9.59 Å². The van der Waals surface area contributed by atoms with Crippen molar-refractivity contribution in [3.8, 4) is 0 Å². The molecule has 0 saturated heterocycles. The highest BCUT2D eigenvalue weighted by Crippen LogP contribution is 2.42. The summed E-state index contributed by atoms with van der Waals surface area (Å²) in [5, 5.41) is 2.97. The number of amides is 2. The Morgan fingerprint density at radius 1 is 1.03 bits per heavy atom. The minimum Gasteiger partial charge on any atom is -0.326 e. The van der Waals surface area contributed by atoms with E-state index in [1.807, 2.05) is 59.5 Å². The molecule has 0 fully saturated rings. The number of nitrogens with zero attached hydrogens (tertiary/aromatic N) is 2. The maximum absolute atomic E-state index is 13.3. The van der Waals surface area contributed by atoms with Gasteiger partial charge in [-0.25, -0.2) is 0 Å². The summed E-state index contributed by atoms with van der Waals surface area (Å²) in [6, 6.07) is 21.3. The first-order valence-corrected chi connectivity index (χ1v) is 10.8. The van der Waals surface area contributed by atoms with Gasteiger partial charge in [0.2, 0.25) is 5.91 Å². The Morgan fingerprint density at radius 2 is 1.81 bits per heavy atom. The zero-order chi connectivity index (χ0) is 21.6. The summed E-state index contributed by atoms with van der Waals surface area (Å²) in [6.07, 6.45) is 6.19. The second-order valence-electron chi connectivity index (χ2n) is 7.92. The molecule has 2 heterocycles. The number of para-hydroxylation sites is 2. The largest absolute Gasteiger partial charge is 0.326 e. The first-order chi connectivity index (χ1) is 15.2. The van der Waals surface area contributed by atoms with Gasteiger partial charge in [0.1, 0.15) is 0 Å². The Morgan fingerprint density at radius 3 is 2.55 bits per heavy atom. The summed E-state index contributed by atoms with van der Waals surface area (Å²) in [5.74, 6) is 0.235. The lowest BCUT2D eigenvalue weighted by Crippen LogP contribution is -2.44. The molecule has 158 valence electrons. The quantitative estimate of drug-likeness (QED) is 0.587. The molecule has 2 aromatic carbocycles. The summed E-state index contributed by atoms with van der Waals surface area (Å²) in [7, 11) is 0. The van der Waals surface area contributed by atoms with Crippen molar-refractivity contribution in [3.05, 3.63) is 90.3 Å². The third-order valence-corrected chi connectivity index (χ3v) is 5.93. The van der Waals surface area contributed by atoms with Crippen LogP contribution in [0.5, 0.6) is 0 Å². The summed E-state index contributed by atoms with van der Waals surface area (Å²) in [4.78, 5) is 31.9. The molecule has 0 saturated carbocycles. The van der Waals surface area contributed by atoms with Gasteiger partial charge in [-0.3, -0.25) is 14.6 Å². The van der Waals surface area contributed by atoms with E-state index in [9.17, 15) is 9.59 Å². The highest BCUT2D eigenvalue weighted by Gasteiger charge is 2.35. The van der Waals surface area contributed by atoms with Gasteiger partial charge in [-0.15, -0.1) is 0 Å². The van der Waals surface area contributed by atoms with Gasteiger partial charge in [0.15, 0.2) is 0 Å². The Hall–Kier alpha value is -3.47. The molecule has 2 atom stereocenters. The van der Waals surface area contributed by atoms with E-state index in [4.69, 9.17) is 0 Å². The van der Waals surface area contributed by atoms with E-state index in [0.717, 1.165) is 36.2 Å². The second kappa shape index (κ2) is 9.56. The lowest BCUT2D eigenvalue weighted by Gasteiger charge is -2.41. The summed E-state index contributed by atoms with van der Waals surface area (Å²) >= 11 is 0. The van der Waals surface area contributed by atoms with E-state index in [-0.39, 0.29) is 23.8 Å². The van der Waals surface area contributed by atoms with Crippen molar-refractivity contribution in [2.75, 3.05) is 10.2 Å². The zero-order valence-electron chi connectivity index (χ0n) is 17.7. The number of aromatic nitrogens is 1. The fourth-order valence-electron chi connectivity index (χ4n) is 4.39. The maximum atomic E-state index is 13.3. The summed E-state index contributed by atoms with van der Waals surface area (Å²) in [6.45, 7) is 2.11. The Balaban J connectivity index is 1.53. The first-order valence-electron chi connectivity index (χ1n) is 10.8. The fraction of sp³-hybridized carbons (Fsp3) is 0.269. The van der Waals surface area contributed by atoms with Gasteiger partial charge in [-0.05, 0) is 61.1 Å². The van der Waals surface area contributed by atoms with Crippen LogP contribution in [0.4, 0.5) is 11.4 Å². The normalized spacial score (nSPS) is 17.6. The van der Waals surface area contributed by atoms with Gasteiger partial charge >= 0.3 is 0 Å². The smallest absolute Gasteiger partial charge is 0.260 e. The van der Waals surface area contributed by atoms with E-state index < -0.39 is 0 Å². The highest BCUT2D eigenvalue weighted by molar-refractivity contribution is 6.07. The topological polar surface area (TPSA) is 62.3 Å². The van der Waals surface area contributed by atoms with Gasteiger partial charge in [0.05, 0.1) is 5.56 Å². The summed E-state index contributed by atoms with van der Waals surface area (Å²) in [5.41, 5.74) is 3.49. The van der Waals surface area contributed by atoms with Gasteiger partial charge < -0.3 is 10.2 Å². The molecule has 5 nitrogen and oxygen atoms in total. The molecule has 0 spiro atoms. The Labute approximate surface area is 183 Å². The molecule has 3 aromatic rings. The van der Waals surface area contributed by atoms with Crippen molar-refractivity contribution in [2.45, 2.75) is 44.6 Å². The van der Waals surface area contributed by atoms with Crippen LogP contribution >= 0.6 is 0 Å². The monoisotopic (exact) mass is 413 g/mol. The maximum Gasteiger partial charge on any atom is 0.260 e. The number of rotatable bonds is 6. The molecule has 0 aliphatic carbocycles. The first kappa shape index (κ1) is 20.8. The van der Waals surface area contributed by atoms with Crippen LogP contribution in [0.15, 0.2) is 79.1 Å². The SMILES string of the molecule is CCC1CC(CCC(=O)Nc2ccccc2)c2ccccc2N1C(=O)c1cccnc1. The predicted molar refractivity (Wildman–Crippen MR) is 123 cm³/mol. The van der Waals surface area contributed by atoms with Crippen molar-refractivity contribution in [3.63, 3.8) is 0 Å². The van der Waals surface area contributed by atoms with Crippen LogP contribution in [-0.4, -0.2) is 22.8 Å². The number of hydrogen-bond acceptors (Lipinski definition) is 3. The zero-order valence-corrected chi connectivity index (χ0v) is 17.7. The fourth-order valence-corrected chi connectivity index (χ4v) is 4.39. The second-order valence-corrected chi connectivity index (χ2v) is 7.92. The molecule has 31 heavy (non-hydrogen) atoms. The molecule has 4 rings (SSSR count). The van der Waals surface area contributed by atoms with Crippen LogP contribution in [0.1, 0.15) is 54.4 Å². The number of fused-ring (bicyclic) bond motifs is 1. The lowest BCUT2D eigenvalue weighted by atomic mass is 9.81. The molecular formula is C26H27N3O2. The van der Waals surface area contributed by atoms with Crippen LogP contribution < -0.4 is 10.2 Å². The average molecular weight is 414 g/mol. The van der Waals surface area contributed by atoms with E-state index in [1.54, 1.807) is 18.5 Å². The Bertz CT molecular complexity index is 1040. The van der Waals surface area contributed by atoms with E-state index in [2.05, 4.69) is 23.3 Å². The third kappa shape index (κ3) is 4.66. The minimum absolute atomic E-state index is 0.0191. The van der Waals surface area contributed by atoms with Crippen molar-refractivity contribution in [1.82, 2.24) is 4.98 Å². The molecule has 2 unspecified atom stereocenters. The number of anilines is 2. The predicted octanol–water partition coefficient (Wildman–Crippen LogP) is 5.41. The number of pyridine rings is 1. The standard InChI is InChI=1S/C26H27N3O2/c1-2-22-17-19(14-15-25(30)28-21-10-4-3-5-11-21)23-12-6-7-13-24(23)29(22)26(31)20-9-8-16-27-18-20/h3-13,16,18-19,22H,2,14-15,17H2,1H3,(H,28,30). The lowest BCUT2D eigenvalue weighted by molar-refractivity contribution is -0.116. The van der Waals surface area contributed by atoms with Crippen LogP contribution in [0.3, 0.4) is 0 Å². The molecule has 2 amide bonds. The Kier molecular flexibility index (Phi) is 6.41. The number of hydrogen-bond donors (Lipinski definition) is 1. The highest BCUT2D eigenvalue weighted by atomic mass is 16.2. The van der Waals surface area contributed by atoms with E-state index in [0.29, 0.717) is 12.0 Å². The van der Waals surface area contributed by atoms with Gasteiger partial charge in [0.25, 0.3) is 5.91 Å². The van der Waals surface area contributed by atoms with Crippen molar-refractivity contribution in [1.29, 1.82) is 0 Å². The van der Waals surface area contributed by atoms with Crippen molar-refractivity contribution in [2.24, 2.45) is 0 Å². The number of carbonyl (C=O) groups excluding carboxylic acids is 2. The van der Waals surface area contributed by atoms with Gasteiger partial charge in [-0.2, -0.15) is 0 Å². The van der Waals surface area contributed by atoms with E-state index in [1.165, 1.54) is 0 Å². The molecule has 0 bridgehead atoms. The summed E-state index contributed by atoms with van der Waals surface area (Å²) < 4.78 is 0. The molecule has 1 aromatic heterocycles. The minimum atomic E-state index is -0.0207. The third-order valence-electron chi connectivity index (χ3n) is 5.93. The molecule has 0 radical (unpaired) electrons. The average Bonchev–Trinajstić information content (AvgIpc) is 2.83. The molecular weight excluding hydrogens is 386 g/mol. The molecule has 1 aliphatic rings. The van der Waals surface area contributed by atoms with E-state index >= 15 is 0 Å². The molecule has 1 aliphatic heterocycles. The van der Waals surface area contributed by atoms with Crippen molar-refractivity contribution >= 4 is 23.2 Å². The van der Waals surface area contributed by atoms with Crippen LogP contribution in [-0.2, 0) is 4.79 Å².